The lowest BCUT2D eigenvalue weighted by Crippen LogP contribution is -2.23. The average Bonchev–Trinajstić information content (AvgIpc) is 2.73. The van der Waals surface area contributed by atoms with E-state index in [2.05, 4.69) is 14.9 Å². The van der Waals surface area contributed by atoms with Gasteiger partial charge in [0.05, 0.1) is 11.4 Å². The summed E-state index contributed by atoms with van der Waals surface area (Å²) in [5, 5.41) is 8.60. The molecule has 1 heterocycles. The lowest BCUT2D eigenvalue weighted by Gasteiger charge is -2.04. The summed E-state index contributed by atoms with van der Waals surface area (Å²) in [4.78, 5) is 0.143. The van der Waals surface area contributed by atoms with Crippen LogP contribution in [0.15, 0.2) is 29.2 Å². The molecule has 0 saturated heterocycles. The van der Waals surface area contributed by atoms with E-state index < -0.39 is 10.0 Å². The Bertz CT molecular complexity index is 639. The fourth-order valence-corrected chi connectivity index (χ4v) is 2.95. The van der Waals surface area contributed by atoms with Crippen LogP contribution in [-0.2, 0) is 16.6 Å². The molecule has 0 aliphatic carbocycles. The van der Waals surface area contributed by atoms with Crippen LogP contribution < -0.4 is 10.5 Å². The van der Waals surface area contributed by atoms with E-state index in [-0.39, 0.29) is 11.4 Å². The Balaban J connectivity index is 2.10. The molecule has 0 atom stereocenters. The van der Waals surface area contributed by atoms with E-state index in [4.69, 9.17) is 17.3 Å². The van der Waals surface area contributed by atoms with Crippen LogP contribution in [-0.4, -0.2) is 18.6 Å². The monoisotopic (exact) mass is 304 g/mol. The summed E-state index contributed by atoms with van der Waals surface area (Å²) >= 11 is 6.83. The predicted molar refractivity (Wildman–Crippen MR) is 69.8 cm³/mol. The van der Waals surface area contributed by atoms with E-state index in [1.807, 2.05) is 0 Å². The van der Waals surface area contributed by atoms with Crippen LogP contribution in [0, 0.1) is 0 Å². The minimum Gasteiger partial charge on any atom is -0.374 e. The number of anilines is 1. The first-order valence-electron chi connectivity index (χ1n) is 4.80. The van der Waals surface area contributed by atoms with Gasteiger partial charge in [0.25, 0.3) is 0 Å². The van der Waals surface area contributed by atoms with Crippen LogP contribution in [0.25, 0.3) is 0 Å². The Morgan fingerprint density at radius 2 is 1.94 bits per heavy atom. The van der Waals surface area contributed by atoms with Gasteiger partial charge in [-0.1, -0.05) is 22.9 Å². The Hall–Kier alpha value is -1.22. The second-order valence-corrected chi connectivity index (χ2v) is 6.61. The molecule has 0 saturated carbocycles. The van der Waals surface area contributed by atoms with Gasteiger partial charge in [-0.15, -0.1) is 10.2 Å². The number of rotatable bonds is 4. The molecule has 1 aromatic carbocycles. The number of sulfonamides is 1. The van der Waals surface area contributed by atoms with Gasteiger partial charge in [-0.3, -0.25) is 0 Å². The summed E-state index contributed by atoms with van der Waals surface area (Å²) < 4.78 is 26.2. The van der Waals surface area contributed by atoms with Gasteiger partial charge >= 0.3 is 0 Å². The van der Waals surface area contributed by atoms with E-state index in [0.717, 1.165) is 11.3 Å². The molecule has 0 aliphatic rings. The molecule has 96 valence electrons. The van der Waals surface area contributed by atoms with Crippen LogP contribution in [0.4, 0.5) is 5.13 Å². The zero-order valence-electron chi connectivity index (χ0n) is 9.00. The molecule has 0 radical (unpaired) electrons. The maximum atomic E-state index is 11.9. The van der Waals surface area contributed by atoms with Crippen molar-refractivity contribution in [2.24, 2.45) is 0 Å². The van der Waals surface area contributed by atoms with Gasteiger partial charge in [-0.25, -0.2) is 13.1 Å². The lowest BCUT2D eigenvalue weighted by molar-refractivity contribution is 0.581. The van der Waals surface area contributed by atoms with E-state index in [9.17, 15) is 8.42 Å². The first kappa shape index (κ1) is 13.2. The van der Waals surface area contributed by atoms with Gasteiger partial charge in [0.15, 0.2) is 0 Å². The molecule has 9 heteroatoms. The molecule has 1 aromatic heterocycles. The lowest BCUT2D eigenvalue weighted by atomic mass is 10.4. The molecule has 6 nitrogen and oxygen atoms in total. The van der Waals surface area contributed by atoms with Crippen LogP contribution >= 0.6 is 22.9 Å². The Morgan fingerprint density at radius 1 is 1.28 bits per heavy atom. The Kier molecular flexibility index (Phi) is 3.81. The van der Waals surface area contributed by atoms with E-state index in [0.29, 0.717) is 15.2 Å². The second kappa shape index (κ2) is 5.19. The zero-order chi connectivity index (χ0) is 13.2. The molecular formula is C9H9ClN4O2S2. The van der Waals surface area contributed by atoms with Crippen molar-refractivity contribution in [2.45, 2.75) is 11.4 Å². The van der Waals surface area contributed by atoms with Crippen molar-refractivity contribution >= 4 is 38.1 Å². The van der Waals surface area contributed by atoms with Gasteiger partial charge in [0, 0.05) is 5.02 Å². The topological polar surface area (TPSA) is 98.0 Å². The smallest absolute Gasteiger partial charge is 0.240 e. The van der Waals surface area contributed by atoms with Gasteiger partial charge < -0.3 is 5.73 Å². The highest BCUT2D eigenvalue weighted by Gasteiger charge is 2.14. The van der Waals surface area contributed by atoms with Crippen molar-refractivity contribution < 1.29 is 8.42 Å². The van der Waals surface area contributed by atoms with E-state index >= 15 is 0 Å². The van der Waals surface area contributed by atoms with E-state index in [1.54, 1.807) is 0 Å². The van der Waals surface area contributed by atoms with E-state index in [1.165, 1.54) is 24.3 Å². The molecule has 0 fully saturated rings. The number of nitrogens with zero attached hydrogens (tertiary/aromatic N) is 2. The molecule has 0 spiro atoms. The van der Waals surface area contributed by atoms with Gasteiger partial charge in [0.1, 0.15) is 5.01 Å². The number of nitrogens with two attached hydrogens (primary N) is 1. The zero-order valence-corrected chi connectivity index (χ0v) is 11.4. The molecule has 0 amide bonds. The van der Waals surface area contributed by atoms with Crippen molar-refractivity contribution in [1.29, 1.82) is 0 Å². The maximum absolute atomic E-state index is 11.9. The third-order valence-electron chi connectivity index (χ3n) is 2.02. The summed E-state index contributed by atoms with van der Waals surface area (Å²) in [7, 11) is -3.58. The highest BCUT2D eigenvalue weighted by Crippen LogP contribution is 2.15. The number of halogens is 1. The molecule has 3 N–H and O–H groups in total. The third kappa shape index (κ3) is 3.16. The number of hydrogen-bond acceptors (Lipinski definition) is 6. The largest absolute Gasteiger partial charge is 0.374 e. The third-order valence-corrected chi connectivity index (χ3v) is 4.44. The summed E-state index contributed by atoms with van der Waals surface area (Å²) in [5.74, 6) is 0. The number of hydrogen-bond donors (Lipinski definition) is 2. The maximum Gasteiger partial charge on any atom is 0.240 e. The standard InChI is InChI=1S/C9H9ClN4O2S2/c10-6-1-3-7(4-2-6)18(15,16)12-5-8-13-14-9(11)17-8/h1-4,12H,5H2,(H2,11,14). The molecular weight excluding hydrogens is 296 g/mol. The van der Waals surface area contributed by atoms with Crippen molar-refractivity contribution in [1.82, 2.24) is 14.9 Å². The second-order valence-electron chi connectivity index (χ2n) is 3.31. The molecule has 2 rings (SSSR count). The molecule has 18 heavy (non-hydrogen) atoms. The predicted octanol–water partition coefficient (Wildman–Crippen LogP) is 1.25. The Labute approximate surface area is 113 Å². The minimum atomic E-state index is -3.58. The molecule has 0 bridgehead atoms. The van der Waals surface area contributed by atoms with Crippen molar-refractivity contribution in [2.75, 3.05) is 5.73 Å². The fourth-order valence-electron chi connectivity index (χ4n) is 1.19. The molecule has 0 aliphatic heterocycles. The van der Waals surface area contributed by atoms with Crippen LogP contribution in [0.1, 0.15) is 5.01 Å². The van der Waals surface area contributed by atoms with Crippen LogP contribution in [0.5, 0.6) is 0 Å². The van der Waals surface area contributed by atoms with Crippen molar-refractivity contribution in [3.63, 3.8) is 0 Å². The normalized spacial score (nSPS) is 11.6. The summed E-state index contributed by atoms with van der Waals surface area (Å²) in [6, 6.07) is 5.89. The van der Waals surface area contributed by atoms with Crippen molar-refractivity contribution in [3.05, 3.63) is 34.3 Å². The number of benzene rings is 1. The SMILES string of the molecule is Nc1nnc(CNS(=O)(=O)c2ccc(Cl)cc2)s1. The Morgan fingerprint density at radius 3 is 2.50 bits per heavy atom. The van der Waals surface area contributed by atoms with Gasteiger partial charge in [0.2, 0.25) is 15.2 Å². The van der Waals surface area contributed by atoms with Crippen molar-refractivity contribution in [3.8, 4) is 0 Å². The average molecular weight is 305 g/mol. The first-order chi connectivity index (χ1) is 8.47. The highest BCUT2D eigenvalue weighted by molar-refractivity contribution is 7.89. The summed E-state index contributed by atoms with van der Waals surface area (Å²) in [6.07, 6.45) is 0. The number of nitrogens with one attached hydrogen (secondary N) is 1. The number of aromatic nitrogens is 2. The minimum absolute atomic E-state index is 0.0554. The molecule has 2 aromatic rings. The molecule has 0 unspecified atom stereocenters. The summed E-state index contributed by atoms with van der Waals surface area (Å²) in [5.41, 5.74) is 5.40. The fraction of sp³-hybridized carbons (Fsp3) is 0.111. The van der Waals surface area contributed by atoms with Crippen LogP contribution in [0.2, 0.25) is 5.02 Å². The highest BCUT2D eigenvalue weighted by atomic mass is 35.5. The number of nitrogen functional groups attached to an aromatic ring is 1. The first-order valence-corrected chi connectivity index (χ1v) is 7.48. The van der Waals surface area contributed by atoms with Gasteiger partial charge in [-0.05, 0) is 24.3 Å². The van der Waals surface area contributed by atoms with Crippen LogP contribution in [0.3, 0.4) is 0 Å². The van der Waals surface area contributed by atoms with Gasteiger partial charge in [-0.2, -0.15) is 0 Å². The quantitative estimate of drug-likeness (QED) is 0.886. The summed E-state index contributed by atoms with van der Waals surface area (Å²) in [6.45, 7) is 0.0554.